The summed E-state index contributed by atoms with van der Waals surface area (Å²) in [6.07, 6.45) is 1.65. The number of nitrogens with zero attached hydrogens (tertiary/aromatic N) is 3. The van der Waals surface area contributed by atoms with Crippen LogP contribution in [0.2, 0.25) is 0 Å². The molecule has 6 heteroatoms. The average molecular weight is 241 g/mol. The number of aryl methyl sites for hydroxylation is 1. The summed E-state index contributed by atoms with van der Waals surface area (Å²) in [6, 6.07) is 7.54. The third-order valence-corrected chi connectivity index (χ3v) is 2.57. The second-order valence-electron chi connectivity index (χ2n) is 3.83. The fourth-order valence-corrected chi connectivity index (χ4v) is 1.79. The van der Waals surface area contributed by atoms with Crippen molar-refractivity contribution >= 4 is 17.0 Å². The van der Waals surface area contributed by atoms with Gasteiger partial charge >= 0.3 is 0 Å². The summed E-state index contributed by atoms with van der Waals surface area (Å²) in [5.41, 5.74) is 5.72. The van der Waals surface area contributed by atoms with Crippen LogP contribution in [-0.2, 0) is 0 Å². The molecule has 0 saturated heterocycles. The highest BCUT2D eigenvalue weighted by Gasteiger charge is 2.06. The first kappa shape index (κ1) is 10.7. The number of nitrogens with one attached hydrogen (secondary N) is 1. The van der Waals surface area contributed by atoms with Crippen molar-refractivity contribution in [2.45, 2.75) is 6.92 Å². The predicted molar refractivity (Wildman–Crippen MR) is 67.6 cm³/mol. The Balaban J connectivity index is 2.12. The first-order valence-electron chi connectivity index (χ1n) is 5.43. The Bertz CT molecular complexity index is 707. The molecule has 2 aromatic heterocycles. The van der Waals surface area contributed by atoms with Gasteiger partial charge in [-0.05, 0) is 24.3 Å². The van der Waals surface area contributed by atoms with Crippen LogP contribution in [0.15, 0.2) is 34.9 Å². The lowest BCUT2D eigenvalue weighted by Crippen LogP contribution is -2.10. The zero-order chi connectivity index (χ0) is 12.5. The highest BCUT2D eigenvalue weighted by Crippen LogP contribution is 2.23. The number of nitrogen functional groups attached to an aromatic ring is 1. The molecule has 0 amide bonds. The fourth-order valence-electron chi connectivity index (χ4n) is 1.79. The maximum atomic E-state index is 5.43. The van der Waals surface area contributed by atoms with Crippen molar-refractivity contribution in [1.82, 2.24) is 15.0 Å². The Morgan fingerprint density at radius 2 is 2.11 bits per heavy atom. The Hall–Kier alpha value is -2.47. The Morgan fingerprint density at radius 1 is 1.22 bits per heavy atom. The number of hydrogen-bond acceptors (Lipinski definition) is 6. The number of nitrogens with two attached hydrogens (primary N) is 1. The molecule has 0 spiro atoms. The molecule has 0 aliphatic rings. The molecule has 0 fully saturated rings. The summed E-state index contributed by atoms with van der Waals surface area (Å²) in [6.45, 7) is 1.82. The van der Waals surface area contributed by atoms with Crippen LogP contribution in [0, 0.1) is 6.92 Å². The van der Waals surface area contributed by atoms with E-state index in [2.05, 4.69) is 20.4 Å². The zero-order valence-electron chi connectivity index (χ0n) is 9.71. The molecule has 90 valence electrons. The first-order valence-corrected chi connectivity index (χ1v) is 5.43. The van der Waals surface area contributed by atoms with Crippen LogP contribution < -0.4 is 11.3 Å². The van der Waals surface area contributed by atoms with Gasteiger partial charge in [-0.2, -0.15) is 0 Å². The van der Waals surface area contributed by atoms with Gasteiger partial charge in [0, 0.05) is 18.7 Å². The topological polar surface area (TPSA) is 89.9 Å². The highest BCUT2D eigenvalue weighted by molar-refractivity contribution is 5.79. The smallest absolute Gasteiger partial charge is 0.237 e. The standard InChI is InChI=1S/C12H11N5O/c1-7-15-10-6-8(2-3-11(10)18-7)9-4-5-14-12(16-9)17-13/h2-6H,13H2,1H3,(H,14,16,17). The molecule has 0 bridgehead atoms. The van der Waals surface area contributed by atoms with Crippen LogP contribution in [-0.4, -0.2) is 15.0 Å². The highest BCUT2D eigenvalue weighted by atomic mass is 16.3. The van der Waals surface area contributed by atoms with E-state index in [1.54, 1.807) is 6.20 Å². The second-order valence-corrected chi connectivity index (χ2v) is 3.83. The molecule has 3 N–H and O–H groups in total. The van der Waals surface area contributed by atoms with Crippen LogP contribution in [0.3, 0.4) is 0 Å². The minimum Gasteiger partial charge on any atom is -0.441 e. The van der Waals surface area contributed by atoms with Gasteiger partial charge in [0.25, 0.3) is 0 Å². The fraction of sp³-hybridized carbons (Fsp3) is 0.0833. The SMILES string of the molecule is Cc1nc2cc(-c3ccnc(NN)n3)ccc2o1. The van der Waals surface area contributed by atoms with E-state index in [1.165, 1.54) is 0 Å². The average Bonchev–Trinajstić information content (AvgIpc) is 2.77. The van der Waals surface area contributed by atoms with Crippen molar-refractivity contribution in [3.63, 3.8) is 0 Å². The lowest BCUT2D eigenvalue weighted by Gasteiger charge is -2.02. The van der Waals surface area contributed by atoms with Crippen LogP contribution in [0.5, 0.6) is 0 Å². The van der Waals surface area contributed by atoms with Gasteiger partial charge in [-0.3, -0.25) is 5.43 Å². The number of hydrazine groups is 1. The monoisotopic (exact) mass is 241 g/mol. The molecule has 0 saturated carbocycles. The summed E-state index contributed by atoms with van der Waals surface area (Å²) in [7, 11) is 0. The molecular formula is C12H11N5O. The van der Waals surface area contributed by atoms with Gasteiger partial charge in [-0.25, -0.2) is 20.8 Å². The van der Waals surface area contributed by atoms with E-state index in [1.807, 2.05) is 31.2 Å². The lowest BCUT2D eigenvalue weighted by molar-refractivity contribution is 0.561. The number of aromatic nitrogens is 3. The third-order valence-electron chi connectivity index (χ3n) is 2.57. The molecule has 0 aliphatic carbocycles. The van der Waals surface area contributed by atoms with E-state index >= 15 is 0 Å². The maximum Gasteiger partial charge on any atom is 0.237 e. The zero-order valence-corrected chi connectivity index (χ0v) is 9.71. The second kappa shape index (κ2) is 4.08. The van der Waals surface area contributed by atoms with Crippen molar-refractivity contribution in [3.05, 3.63) is 36.4 Å². The van der Waals surface area contributed by atoms with Gasteiger partial charge in [0.1, 0.15) is 5.52 Å². The van der Waals surface area contributed by atoms with Crippen molar-refractivity contribution < 1.29 is 4.42 Å². The minimum atomic E-state index is 0.379. The van der Waals surface area contributed by atoms with E-state index in [0.717, 1.165) is 22.4 Å². The molecular weight excluding hydrogens is 230 g/mol. The molecule has 3 rings (SSSR count). The van der Waals surface area contributed by atoms with Crippen LogP contribution in [0.4, 0.5) is 5.95 Å². The van der Waals surface area contributed by atoms with Gasteiger partial charge in [0.05, 0.1) is 5.69 Å². The maximum absolute atomic E-state index is 5.43. The summed E-state index contributed by atoms with van der Waals surface area (Å²) in [5, 5.41) is 0. The van der Waals surface area contributed by atoms with E-state index in [0.29, 0.717) is 11.8 Å². The number of oxazole rings is 1. The van der Waals surface area contributed by atoms with Crippen LogP contribution >= 0.6 is 0 Å². The summed E-state index contributed by atoms with van der Waals surface area (Å²) in [5.74, 6) is 6.31. The Kier molecular flexibility index (Phi) is 2.42. The number of hydrogen-bond donors (Lipinski definition) is 2. The minimum absolute atomic E-state index is 0.379. The third kappa shape index (κ3) is 1.78. The molecule has 2 heterocycles. The number of rotatable bonds is 2. The van der Waals surface area contributed by atoms with Crippen molar-refractivity contribution in [1.29, 1.82) is 0 Å². The van der Waals surface area contributed by atoms with Gasteiger partial charge in [-0.15, -0.1) is 0 Å². The number of anilines is 1. The quantitative estimate of drug-likeness (QED) is 0.526. The summed E-state index contributed by atoms with van der Waals surface area (Å²) in [4.78, 5) is 12.5. The molecule has 0 unspecified atom stereocenters. The molecule has 18 heavy (non-hydrogen) atoms. The molecule has 0 radical (unpaired) electrons. The predicted octanol–water partition coefficient (Wildman–Crippen LogP) is 1.88. The van der Waals surface area contributed by atoms with Crippen LogP contribution in [0.1, 0.15) is 5.89 Å². The molecule has 6 nitrogen and oxygen atoms in total. The van der Waals surface area contributed by atoms with Crippen LogP contribution in [0.25, 0.3) is 22.4 Å². The number of fused-ring (bicyclic) bond motifs is 1. The Labute approximate surface area is 103 Å². The normalized spacial score (nSPS) is 10.8. The first-order chi connectivity index (χ1) is 8.76. The molecule has 0 aliphatic heterocycles. The van der Waals surface area contributed by atoms with E-state index in [4.69, 9.17) is 10.3 Å². The van der Waals surface area contributed by atoms with E-state index in [-0.39, 0.29) is 0 Å². The van der Waals surface area contributed by atoms with Gasteiger partial charge in [-0.1, -0.05) is 0 Å². The summed E-state index contributed by atoms with van der Waals surface area (Å²) < 4.78 is 5.43. The van der Waals surface area contributed by atoms with Crippen molar-refractivity contribution in [2.24, 2.45) is 5.84 Å². The van der Waals surface area contributed by atoms with Crippen molar-refractivity contribution in [3.8, 4) is 11.3 Å². The van der Waals surface area contributed by atoms with Gasteiger partial charge in [0.15, 0.2) is 11.5 Å². The molecule has 3 aromatic rings. The van der Waals surface area contributed by atoms with Crippen molar-refractivity contribution in [2.75, 3.05) is 5.43 Å². The molecule has 0 atom stereocenters. The largest absolute Gasteiger partial charge is 0.441 e. The lowest BCUT2D eigenvalue weighted by atomic mass is 10.1. The molecule has 1 aromatic carbocycles. The van der Waals surface area contributed by atoms with Gasteiger partial charge < -0.3 is 4.42 Å². The van der Waals surface area contributed by atoms with E-state index in [9.17, 15) is 0 Å². The Morgan fingerprint density at radius 3 is 2.94 bits per heavy atom. The number of benzene rings is 1. The summed E-state index contributed by atoms with van der Waals surface area (Å²) >= 11 is 0. The van der Waals surface area contributed by atoms with Gasteiger partial charge in [0.2, 0.25) is 5.95 Å². The van der Waals surface area contributed by atoms with E-state index < -0.39 is 0 Å².